The number of amides is 3. The first-order valence-electron chi connectivity index (χ1n) is 9.91. The molecule has 4 rings (SSSR count). The molecule has 0 aliphatic carbocycles. The molecule has 0 atom stereocenters. The average Bonchev–Trinajstić information content (AvgIpc) is 3.09. The van der Waals surface area contributed by atoms with E-state index in [1.54, 1.807) is 36.4 Å². The van der Waals surface area contributed by atoms with E-state index in [1.165, 1.54) is 35.4 Å². The highest BCUT2D eigenvalue weighted by atomic mass is 79.9. The van der Waals surface area contributed by atoms with Crippen molar-refractivity contribution >= 4 is 67.0 Å². The molecule has 34 heavy (non-hydrogen) atoms. The maximum atomic E-state index is 13.0. The summed E-state index contributed by atoms with van der Waals surface area (Å²) in [6.45, 7) is -0.290. The Kier molecular flexibility index (Phi) is 7.09. The van der Waals surface area contributed by atoms with Crippen LogP contribution in [-0.4, -0.2) is 24.3 Å². The highest BCUT2D eigenvalue weighted by Crippen LogP contribution is 2.36. The summed E-state index contributed by atoms with van der Waals surface area (Å²) < 4.78 is 19.6. The summed E-state index contributed by atoms with van der Waals surface area (Å²) in [4.78, 5) is 37.3. The van der Waals surface area contributed by atoms with E-state index in [9.17, 15) is 18.8 Å². The Morgan fingerprint density at radius 2 is 1.68 bits per heavy atom. The third-order valence-corrected chi connectivity index (χ3v) is 5.89. The number of benzene rings is 3. The van der Waals surface area contributed by atoms with Gasteiger partial charge in [-0.2, -0.15) is 0 Å². The molecule has 3 amide bonds. The van der Waals surface area contributed by atoms with Gasteiger partial charge < -0.3 is 10.1 Å². The topological polar surface area (TPSA) is 87.7 Å². The highest BCUT2D eigenvalue weighted by molar-refractivity contribution is 9.11. The molecule has 0 aromatic heterocycles. The van der Waals surface area contributed by atoms with Gasteiger partial charge in [-0.15, -0.1) is 0 Å². The number of nitrogens with zero attached hydrogens (tertiary/aromatic N) is 1. The molecule has 0 unspecified atom stereocenters. The third-order valence-electron chi connectivity index (χ3n) is 4.71. The van der Waals surface area contributed by atoms with Gasteiger partial charge >= 0.3 is 0 Å². The van der Waals surface area contributed by atoms with Gasteiger partial charge in [0.2, 0.25) is 0 Å². The fourth-order valence-corrected chi connectivity index (χ4v) is 4.60. The van der Waals surface area contributed by atoms with Crippen molar-refractivity contribution in [1.82, 2.24) is 5.43 Å². The minimum Gasteiger partial charge on any atom is -0.481 e. The largest absolute Gasteiger partial charge is 0.481 e. The number of hydrogen-bond donors (Lipinski definition) is 2. The van der Waals surface area contributed by atoms with E-state index >= 15 is 0 Å². The predicted molar refractivity (Wildman–Crippen MR) is 132 cm³/mol. The second-order valence-corrected chi connectivity index (χ2v) is 8.84. The van der Waals surface area contributed by atoms with Crippen molar-refractivity contribution in [2.24, 2.45) is 0 Å². The van der Waals surface area contributed by atoms with Crippen LogP contribution in [-0.2, 0) is 14.4 Å². The van der Waals surface area contributed by atoms with E-state index in [1.807, 2.05) is 6.07 Å². The van der Waals surface area contributed by atoms with Crippen LogP contribution in [0.25, 0.3) is 6.08 Å². The lowest BCUT2D eigenvalue weighted by atomic mass is 10.1. The molecule has 3 aromatic rings. The Morgan fingerprint density at radius 3 is 2.32 bits per heavy atom. The van der Waals surface area contributed by atoms with Gasteiger partial charge in [0.05, 0.1) is 14.6 Å². The molecule has 1 saturated heterocycles. The van der Waals surface area contributed by atoms with E-state index in [0.29, 0.717) is 31.6 Å². The molecule has 7 nitrogen and oxygen atoms in total. The zero-order valence-corrected chi connectivity index (χ0v) is 20.5. The molecule has 10 heteroatoms. The van der Waals surface area contributed by atoms with Crippen LogP contribution in [0.15, 0.2) is 81.2 Å². The molecular weight excluding hydrogens is 573 g/mol. The molecule has 1 aliphatic heterocycles. The summed E-state index contributed by atoms with van der Waals surface area (Å²) in [6.07, 6.45) is 1.47. The highest BCUT2D eigenvalue weighted by Gasteiger charge is 2.34. The Hall–Kier alpha value is -3.50. The van der Waals surface area contributed by atoms with Crippen molar-refractivity contribution < 1.29 is 23.5 Å². The van der Waals surface area contributed by atoms with E-state index in [-0.39, 0.29) is 12.2 Å². The van der Waals surface area contributed by atoms with Gasteiger partial charge in [0.25, 0.3) is 17.7 Å². The lowest BCUT2D eigenvalue weighted by molar-refractivity contribution is -0.118. The van der Waals surface area contributed by atoms with Crippen LogP contribution in [0.3, 0.4) is 0 Å². The van der Waals surface area contributed by atoms with Crippen molar-refractivity contribution in [3.8, 4) is 5.75 Å². The number of rotatable bonds is 6. The van der Waals surface area contributed by atoms with Crippen molar-refractivity contribution in [2.75, 3.05) is 16.9 Å². The molecule has 0 spiro atoms. The zero-order valence-electron chi connectivity index (χ0n) is 17.3. The predicted octanol–water partition coefficient (Wildman–Crippen LogP) is 4.83. The number of hydrogen-bond acceptors (Lipinski definition) is 4. The molecule has 2 N–H and O–H groups in total. The van der Waals surface area contributed by atoms with E-state index in [4.69, 9.17) is 4.74 Å². The van der Waals surface area contributed by atoms with Gasteiger partial charge in [0.15, 0.2) is 6.61 Å². The van der Waals surface area contributed by atoms with E-state index in [0.717, 1.165) is 0 Å². The smallest absolute Gasteiger partial charge is 0.282 e. The number of ether oxygens (including phenoxy) is 1. The van der Waals surface area contributed by atoms with Crippen molar-refractivity contribution in [3.63, 3.8) is 0 Å². The van der Waals surface area contributed by atoms with Crippen LogP contribution >= 0.6 is 31.9 Å². The zero-order chi connectivity index (χ0) is 24.2. The molecule has 172 valence electrons. The Balaban J connectivity index is 1.46. The second-order valence-electron chi connectivity index (χ2n) is 7.13. The Morgan fingerprint density at radius 1 is 1.03 bits per heavy atom. The number of para-hydroxylation sites is 1. The van der Waals surface area contributed by atoms with Crippen molar-refractivity contribution in [1.29, 1.82) is 0 Å². The number of halogens is 3. The third kappa shape index (κ3) is 5.35. The van der Waals surface area contributed by atoms with Crippen molar-refractivity contribution in [3.05, 3.63) is 92.6 Å². The maximum absolute atomic E-state index is 13.0. The Bertz CT molecular complexity index is 1270. The molecule has 1 heterocycles. The molecular formula is C24H16Br2FN3O4. The molecule has 0 bridgehead atoms. The first-order valence-corrected chi connectivity index (χ1v) is 11.5. The van der Waals surface area contributed by atoms with Crippen LogP contribution in [0.5, 0.6) is 5.75 Å². The van der Waals surface area contributed by atoms with Crippen LogP contribution in [0.1, 0.15) is 5.56 Å². The summed E-state index contributed by atoms with van der Waals surface area (Å²) in [7, 11) is 0. The summed E-state index contributed by atoms with van der Waals surface area (Å²) in [5, 5.41) is 3.80. The molecule has 1 aliphatic rings. The van der Waals surface area contributed by atoms with Gasteiger partial charge in [-0.1, -0.05) is 18.2 Å². The van der Waals surface area contributed by atoms with Crippen LogP contribution in [0.2, 0.25) is 0 Å². The van der Waals surface area contributed by atoms with E-state index in [2.05, 4.69) is 42.6 Å². The van der Waals surface area contributed by atoms with Crippen LogP contribution in [0, 0.1) is 5.82 Å². The van der Waals surface area contributed by atoms with Gasteiger partial charge in [-0.25, -0.2) is 9.40 Å². The summed E-state index contributed by atoms with van der Waals surface area (Å²) in [6, 6.07) is 17.5. The first-order chi connectivity index (χ1) is 16.3. The van der Waals surface area contributed by atoms with Gasteiger partial charge in [-0.05, 0) is 92.0 Å². The Labute approximate surface area is 210 Å². The number of anilines is 2. The number of hydrazine groups is 1. The monoisotopic (exact) mass is 587 g/mol. The number of carbonyl (C=O) groups excluding carboxylic acids is 3. The maximum Gasteiger partial charge on any atom is 0.282 e. The lowest BCUT2D eigenvalue weighted by Crippen LogP contribution is -2.35. The normalized spacial score (nSPS) is 14.3. The molecule has 0 saturated carbocycles. The minimum absolute atomic E-state index is 0.0185. The lowest BCUT2D eigenvalue weighted by Gasteiger charge is -2.14. The van der Waals surface area contributed by atoms with E-state index < -0.39 is 23.5 Å². The van der Waals surface area contributed by atoms with Gasteiger partial charge in [0, 0.05) is 5.69 Å². The summed E-state index contributed by atoms with van der Waals surface area (Å²) >= 11 is 6.80. The fraction of sp³-hybridized carbons (Fsp3) is 0.0417. The molecule has 0 radical (unpaired) electrons. The minimum atomic E-state index is -0.515. The second kappa shape index (κ2) is 10.2. The molecule has 1 fully saturated rings. The standard InChI is InChI=1S/C24H16Br2FN3O4/c25-19-11-14(10-18-23(32)29-30(24(18)33)17-4-2-1-3-5-17)12-20(26)22(19)34-13-21(31)28-16-8-6-15(27)7-9-16/h1-12H,13H2,(H,28,31)(H,29,32)/b18-10-. The first kappa shape index (κ1) is 23.7. The SMILES string of the molecule is O=C(COc1c(Br)cc(/C=C2/C(=O)NN(c3ccccc3)C2=O)cc1Br)Nc1ccc(F)cc1. The number of nitrogens with one attached hydrogen (secondary N) is 2. The summed E-state index contributed by atoms with van der Waals surface area (Å²) in [5.41, 5.74) is 4.09. The number of carbonyl (C=O) groups is 3. The summed E-state index contributed by atoms with van der Waals surface area (Å²) in [5.74, 6) is -1.45. The van der Waals surface area contributed by atoms with Crippen LogP contribution < -0.4 is 20.5 Å². The molecule has 3 aromatic carbocycles. The van der Waals surface area contributed by atoms with Gasteiger partial charge in [-0.3, -0.25) is 19.8 Å². The quantitative estimate of drug-likeness (QED) is 0.319. The van der Waals surface area contributed by atoms with Crippen molar-refractivity contribution in [2.45, 2.75) is 0 Å². The average molecular weight is 589 g/mol. The fourth-order valence-electron chi connectivity index (χ4n) is 3.15. The van der Waals surface area contributed by atoms with Gasteiger partial charge in [0.1, 0.15) is 17.1 Å². The van der Waals surface area contributed by atoms with Crippen LogP contribution in [0.4, 0.5) is 15.8 Å².